The molecule has 0 aromatic heterocycles. The molecular weight excluding hydrogens is 367 g/mol. The number of benzene rings is 2. The molecule has 6 nitrogen and oxygen atoms in total. The first-order chi connectivity index (χ1) is 11.8. The summed E-state index contributed by atoms with van der Waals surface area (Å²) < 4.78 is 4.50. The highest BCUT2D eigenvalue weighted by molar-refractivity contribution is 6.30. The molecule has 2 atom stereocenters. The molecule has 0 aliphatic heterocycles. The van der Waals surface area contributed by atoms with Crippen LogP contribution in [-0.2, 0) is 14.3 Å². The van der Waals surface area contributed by atoms with Gasteiger partial charge in [0.1, 0.15) is 12.1 Å². The van der Waals surface area contributed by atoms with Crippen LogP contribution in [0.2, 0.25) is 10.0 Å². The molecule has 0 spiro atoms. The molecule has 0 bridgehead atoms. The molecule has 5 N–H and O–H groups in total. The zero-order valence-electron chi connectivity index (χ0n) is 13.4. The first kappa shape index (κ1) is 20.9. The van der Waals surface area contributed by atoms with E-state index in [0.717, 1.165) is 0 Å². The van der Waals surface area contributed by atoms with Crippen molar-refractivity contribution in [3.8, 4) is 0 Å². The normalized spacial score (nSPS) is 12.4. The highest BCUT2D eigenvalue weighted by Crippen LogP contribution is 2.15. The number of carboxylic acids is 1. The Kier molecular flexibility index (Phi) is 8.37. The number of esters is 1. The van der Waals surface area contributed by atoms with E-state index in [1.54, 1.807) is 48.5 Å². The molecule has 2 aromatic rings. The third-order valence-corrected chi connectivity index (χ3v) is 3.68. The van der Waals surface area contributed by atoms with Gasteiger partial charge in [0.2, 0.25) is 0 Å². The average molecular weight is 385 g/mol. The lowest BCUT2D eigenvalue weighted by atomic mass is 10.1. The van der Waals surface area contributed by atoms with Gasteiger partial charge in [-0.2, -0.15) is 0 Å². The van der Waals surface area contributed by atoms with Gasteiger partial charge in [-0.3, -0.25) is 9.59 Å². The van der Waals surface area contributed by atoms with Crippen molar-refractivity contribution in [3.05, 3.63) is 69.7 Å². The van der Waals surface area contributed by atoms with Gasteiger partial charge in [-0.25, -0.2) is 0 Å². The average Bonchev–Trinajstić information content (AvgIpc) is 2.61. The molecule has 2 rings (SSSR count). The summed E-state index contributed by atoms with van der Waals surface area (Å²) in [5.74, 6) is -1.50. The zero-order chi connectivity index (χ0) is 19.0. The van der Waals surface area contributed by atoms with Gasteiger partial charge in [0.25, 0.3) is 0 Å². The van der Waals surface area contributed by atoms with Gasteiger partial charge < -0.3 is 21.3 Å². The Morgan fingerprint density at radius 3 is 1.56 bits per heavy atom. The number of nitrogens with two attached hydrogens (primary N) is 2. The Balaban J connectivity index is 0.000000251. The fourth-order valence-electron chi connectivity index (χ4n) is 1.75. The summed E-state index contributed by atoms with van der Waals surface area (Å²) in [7, 11) is 1.30. The second-order valence-corrected chi connectivity index (χ2v) is 5.79. The Morgan fingerprint density at radius 2 is 1.24 bits per heavy atom. The van der Waals surface area contributed by atoms with Gasteiger partial charge in [-0.05, 0) is 35.4 Å². The van der Waals surface area contributed by atoms with Crippen LogP contribution in [0.25, 0.3) is 0 Å². The number of hydrogen-bond acceptors (Lipinski definition) is 5. The van der Waals surface area contributed by atoms with Crippen molar-refractivity contribution in [3.63, 3.8) is 0 Å². The second-order valence-electron chi connectivity index (χ2n) is 4.92. The van der Waals surface area contributed by atoms with Gasteiger partial charge >= 0.3 is 11.9 Å². The van der Waals surface area contributed by atoms with Gasteiger partial charge in [-0.1, -0.05) is 47.5 Å². The van der Waals surface area contributed by atoms with Gasteiger partial charge in [0.15, 0.2) is 0 Å². The minimum Gasteiger partial charge on any atom is -0.480 e. The minimum atomic E-state index is -1.04. The molecule has 0 aliphatic carbocycles. The number of carboxylic acid groups (broad SMARTS) is 1. The van der Waals surface area contributed by atoms with Crippen molar-refractivity contribution in [2.24, 2.45) is 11.5 Å². The van der Waals surface area contributed by atoms with Crippen molar-refractivity contribution in [1.29, 1.82) is 0 Å². The topological polar surface area (TPSA) is 116 Å². The molecule has 0 radical (unpaired) electrons. The molecule has 8 heteroatoms. The molecule has 25 heavy (non-hydrogen) atoms. The lowest BCUT2D eigenvalue weighted by Crippen LogP contribution is -2.22. The highest BCUT2D eigenvalue weighted by Gasteiger charge is 2.15. The predicted octanol–water partition coefficient (Wildman–Crippen LogP) is 2.94. The first-order valence-corrected chi connectivity index (χ1v) is 7.84. The lowest BCUT2D eigenvalue weighted by molar-refractivity contribution is -0.142. The highest BCUT2D eigenvalue weighted by atomic mass is 35.5. The van der Waals surface area contributed by atoms with E-state index in [2.05, 4.69) is 4.74 Å². The smallest absolute Gasteiger partial charge is 0.327 e. The summed E-state index contributed by atoms with van der Waals surface area (Å²) in [6.45, 7) is 0. The van der Waals surface area contributed by atoms with Crippen molar-refractivity contribution in [1.82, 2.24) is 0 Å². The Morgan fingerprint density at radius 1 is 0.880 bits per heavy atom. The third-order valence-electron chi connectivity index (χ3n) is 3.18. The third kappa shape index (κ3) is 6.72. The number of aliphatic carboxylic acids is 1. The van der Waals surface area contributed by atoms with Crippen LogP contribution in [0.4, 0.5) is 0 Å². The number of rotatable bonds is 4. The zero-order valence-corrected chi connectivity index (χ0v) is 14.9. The number of halogens is 2. The van der Waals surface area contributed by atoms with Crippen molar-refractivity contribution < 1.29 is 19.4 Å². The number of methoxy groups -OCH3 is 1. The van der Waals surface area contributed by atoms with Crippen molar-refractivity contribution in [2.75, 3.05) is 7.11 Å². The molecule has 2 aromatic carbocycles. The Labute approximate surface area is 155 Å². The maximum Gasteiger partial charge on any atom is 0.327 e. The molecule has 2 unspecified atom stereocenters. The fourth-order valence-corrected chi connectivity index (χ4v) is 2.00. The van der Waals surface area contributed by atoms with Gasteiger partial charge in [0, 0.05) is 10.0 Å². The van der Waals surface area contributed by atoms with E-state index in [1.807, 2.05) is 0 Å². The molecule has 0 saturated carbocycles. The standard InChI is InChI=1S/C9H10ClNO2.C8H8ClNO2/c1-13-9(12)8(11)6-2-4-7(10)5-3-6;9-6-3-1-5(2-4-6)7(10)8(11)12/h2-5,8H,11H2,1H3;1-4,7H,10H2,(H,11,12). The lowest BCUT2D eigenvalue weighted by Gasteiger charge is -2.08. The largest absolute Gasteiger partial charge is 0.480 e. The molecule has 0 heterocycles. The maximum absolute atomic E-state index is 11.0. The Bertz CT molecular complexity index is 706. The van der Waals surface area contributed by atoms with Crippen LogP contribution in [0.3, 0.4) is 0 Å². The van der Waals surface area contributed by atoms with E-state index >= 15 is 0 Å². The fraction of sp³-hybridized carbons (Fsp3) is 0.176. The van der Waals surface area contributed by atoms with E-state index in [4.69, 9.17) is 39.8 Å². The molecule has 0 saturated heterocycles. The van der Waals surface area contributed by atoms with Crippen molar-refractivity contribution in [2.45, 2.75) is 12.1 Å². The number of carbonyl (C=O) groups is 2. The monoisotopic (exact) mass is 384 g/mol. The summed E-state index contributed by atoms with van der Waals surface area (Å²) in [6, 6.07) is 11.5. The summed E-state index contributed by atoms with van der Waals surface area (Å²) in [4.78, 5) is 21.4. The number of ether oxygens (including phenoxy) is 1. The van der Waals surface area contributed by atoms with Gasteiger partial charge in [0.05, 0.1) is 7.11 Å². The van der Waals surface area contributed by atoms with Crippen LogP contribution in [0.15, 0.2) is 48.5 Å². The SMILES string of the molecule is COC(=O)C(N)c1ccc(Cl)cc1.NC(C(=O)O)c1ccc(Cl)cc1. The Hall–Kier alpha value is -2.12. The van der Waals surface area contributed by atoms with Crippen LogP contribution < -0.4 is 11.5 Å². The first-order valence-electron chi connectivity index (χ1n) is 7.09. The van der Waals surface area contributed by atoms with Crippen LogP contribution in [-0.4, -0.2) is 24.2 Å². The van der Waals surface area contributed by atoms with E-state index < -0.39 is 24.0 Å². The quantitative estimate of drug-likeness (QED) is 0.697. The molecule has 0 aliphatic rings. The van der Waals surface area contributed by atoms with Crippen LogP contribution in [0.1, 0.15) is 23.2 Å². The second kappa shape index (κ2) is 10.0. The van der Waals surface area contributed by atoms with Crippen LogP contribution in [0.5, 0.6) is 0 Å². The van der Waals surface area contributed by atoms with Crippen LogP contribution >= 0.6 is 23.2 Å². The predicted molar refractivity (Wildman–Crippen MR) is 96.4 cm³/mol. The molecule has 0 fully saturated rings. The summed E-state index contributed by atoms with van der Waals surface area (Å²) in [6.07, 6.45) is 0. The summed E-state index contributed by atoms with van der Waals surface area (Å²) >= 11 is 11.3. The molecule has 0 amide bonds. The van der Waals surface area contributed by atoms with Crippen molar-refractivity contribution >= 4 is 35.1 Å². The van der Waals surface area contributed by atoms with E-state index in [-0.39, 0.29) is 0 Å². The van der Waals surface area contributed by atoms with E-state index in [0.29, 0.717) is 21.2 Å². The van der Waals surface area contributed by atoms with E-state index in [9.17, 15) is 9.59 Å². The van der Waals surface area contributed by atoms with Crippen LogP contribution in [0, 0.1) is 0 Å². The van der Waals surface area contributed by atoms with E-state index in [1.165, 1.54) is 7.11 Å². The molecule has 134 valence electrons. The van der Waals surface area contributed by atoms with Gasteiger partial charge in [-0.15, -0.1) is 0 Å². The molecular formula is C17H18Cl2N2O4. The summed E-state index contributed by atoms with van der Waals surface area (Å²) in [5.41, 5.74) is 12.2. The number of carbonyl (C=O) groups excluding carboxylic acids is 1. The number of hydrogen-bond donors (Lipinski definition) is 3. The minimum absolute atomic E-state index is 0.456. The maximum atomic E-state index is 11.0. The summed E-state index contributed by atoms with van der Waals surface area (Å²) in [5, 5.41) is 9.72.